The zero-order valence-electron chi connectivity index (χ0n) is 10.0. The molecule has 1 aliphatic carbocycles. The summed E-state index contributed by atoms with van der Waals surface area (Å²) in [6, 6.07) is 21.9. The van der Waals surface area contributed by atoms with Gasteiger partial charge >= 0.3 is 0 Å². The Hall–Kier alpha value is -1.56. The van der Waals surface area contributed by atoms with Crippen LogP contribution in [-0.2, 0) is 0 Å². The second-order valence-corrected chi connectivity index (χ2v) is 4.99. The number of benzene rings is 2. The van der Waals surface area contributed by atoms with Gasteiger partial charge in [0.2, 0.25) is 0 Å². The first-order chi connectivity index (χ1) is 8.45. The van der Waals surface area contributed by atoms with E-state index in [0.717, 1.165) is 5.92 Å². The van der Waals surface area contributed by atoms with E-state index in [1.54, 1.807) is 0 Å². The van der Waals surface area contributed by atoms with Crippen molar-refractivity contribution in [2.24, 2.45) is 5.92 Å². The fourth-order valence-electron chi connectivity index (χ4n) is 2.83. The van der Waals surface area contributed by atoms with Gasteiger partial charge < -0.3 is 0 Å². The predicted octanol–water partition coefficient (Wildman–Crippen LogP) is 4.62. The summed E-state index contributed by atoms with van der Waals surface area (Å²) in [4.78, 5) is 0. The Labute approximate surface area is 103 Å². The average Bonchev–Trinajstić information content (AvgIpc) is 2.36. The summed E-state index contributed by atoms with van der Waals surface area (Å²) in [6.45, 7) is 0. The van der Waals surface area contributed by atoms with Crippen molar-refractivity contribution in [3.8, 4) is 0 Å². The largest absolute Gasteiger partial charge is 0.0622 e. The van der Waals surface area contributed by atoms with E-state index in [0.29, 0.717) is 5.92 Å². The molecule has 0 aliphatic heterocycles. The standard InChI is InChI=1S/C17H18/c1-3-8-14(9-4-1)17(16-12-7-13-16)15-10-5-2-6-11-15/h1-6,8-11,16-17H,7,12-13H2. The highest BCUT2D eigenvalue weighted by atomic mass is 14.3. The monoisotopic (exact) mass is 222 g/mol. The molecule has 17 heavy (non-hydrogen) atoms. The molecule has 2 aromatic rings. The first kappa shape index (κ1) is 10.6. The van der Waals surface area contributed by atoms with E-state index in [4.69, 9.17) is 0 Å². The Bertz CT molecular complexity index is 414. The Morgan fingerprint density at radius 2 is 1.18 bits per heavy atom. The van der Waals surface area contributed by atoms with E-state index in [1.807, 2.05) is 0 Å². The highest BCUT2D eigenvalue weighted by molar-refractivity contribution is 5.33. The Kier molecular flexibility index (Phi) is 2.96. The third-order valence-corrected chi connectivity index (χ3v) is 3.94. The van der Waals surface area contributed by atoms with Gasteiger partial charge in [-0.1, -0.05) is 67.1 Å². The van der Waals surface area contributed by atoms with Gasteiger partial charge in [0.15, 0.2) is 0 Å². The van der Waals surface area contributed by atoms with Crippen LogP contribution in [0.2, 0.25) is 0 Å². The molecule has 86 valence electrons. The zero-order chi connectivity index (χ0) is 11.5. The topological polar surface area (TPSA) is 0 Å². The lowest BCUT2D eigenvalue weighted by Gasteiger charge is -2.34. The summed E-state index contributed by atoms with van der Waals surface area (Å²) >= 11 is 0. The lowest BCUT2D eigenvalue weighted by Crippen LogP contribution is -2.21. The van der Waals surface area contributed by atoms with E-state index in [-0.39, 0.29) is 0 Å². The van der Waals surface area contributed by atoms with Gasteiger partial charge in [0.1, 0.15) is 0 Å². The molecule has 0 spiro atoms. The maximum absolute atomic E-state index is 2.27. The third kappa shape index (κ3) is 2.12. The van der Waals surface area contributed by atoms with Crippen molar-refractivity contribution in [1.29, 1.82) is 0 Å². The molecule has 0 unspecified atom stereocenters. The predicted molar refractivity (Wildman–Crippen MR) is 72.1 cm³/mol. The van der Waals surface area contributed by atoms with Gasteiger partial charge in [-0.05, 0) is 29.9 Å². The van der Waals surface area contributed by atoms with Crippen LogP contribution in [-0.4, -0.2) is 0 Å². The first-order valence-electron chi connectivity index (χ1n) is 6.55. The molecule has 0 atom stereocenters. The SMILES string of the molecule is c1ccc(C(c2ccccc2)C2CCC2)cc1. The number of hydrogen-bond donors (Lipinski definition) is 0. The molecule has 0 nitrogen and oxygen atoms in total. The molecule has 3 rings (SSSR count). The number of rotatable bonds is 3. The van der Waals surface area contributed by atoms with Gasteiger partial charge in [-0.2, -0.15) is 0 Å². The van der Waals surface area contributed by atoms with Gasteiger partial charge in [0, 0.05) is 5.92 Å². The van der Waals surface area contributed by atoms with Gasteiger partial charge in [0.05, 0.1) is 0 Å². The molecule has 0 bridgehead atoms. The van der Waals surface area contributed by atoms with E-state index < -0.39 is 0 Å². The number of hydrogen-bond acceptors (Lipinski definition) is 0. The van der Waals surface area contributed by atoms with Crippen molar-refractivity contribution in [2.75, 3.05) is 0 Å². The maximum Gasteiger partial charge on any atom is 0.0118 e. The van der Waals surface area contributed by atoms with Gasteiger partial charge in [-0.15, -0.1) is 0 Å². The molecule has 1 fully saturated rings. The molecule has 1 aliphatic rings. The summed E-state index contributed by atoms with van der Waals surface area (Å²) in [6.07, 6.45) is 4.17. The minimum Gasteiger partial charge on any atom is -0.0622 e. The fourth-order valence-corrected chi connectivity index (χ4v) is 2.83. The lowest BCUT2D eigenvalue weighted by atomic mass is 9.70. The summed E-state index contributed by atoms with van der Waals surface area (Å²) in [7, 11) is 0. The van der Waals surface area contributed by atoms with E-state index in [9.17, 15) is 0 Å². The Morgan fingerprint density at radius 3 is 1.53 bits per heavy atom. The van der Waals surface area contributed by atoms with E-state index >= 15 is 0 Å². The van der Waals surface area contributed by atoms with Crippen molar-refractivity contribution >= 4 is 0 Å². The molecular formula is C17H18. The summed E-state index contributed by atoms with van der Waals surface area (Å²) in [5.74, 6) is 1.45. The highest BCUT2D eigenvalue weighted by Crippen LogP contribution is 2.42. The van der Waals surface area contributed by atoms with Crippen LogP contribution in [0.25, 0.3) is 0 Å². The van der Waals surface area contributed by atoms with Crippen LogP contribution in [0.1, 0.15) is 36.3 Å². The molecule has 0 radical (unpaired) electrons. The van der Waals surface area contributed by atoms with E-state index in [2.05, 4.69) is 60.7 Å². The van der Waals surface area contributed by atoms with Crippen LogP contribution in [0.4, 0.5) is 0 Å². The normalized spacial score (nSPS) is 15.8. The molecule has 0 saturated heterocycles. The fraction of sp³-hybridized carbons (Fsp3) is 0.294. The van der Waals surface area contributed by atoms with Crippen LogP contribution in [0.5, 0.6) is 0 Å². The van der Waals surface area contributed by atoms with Crippen molar-refractivity contribution in [3.63, 3.8) is 0 Å². The molecule has 0 heterocycles. The van der Waals surface area contributed by atoms with Gasteiger partial charge in [-0.25, -0.2) is 0 Å². The second kappa shape index (κ2) is 4.75. The van der Waals surface area contributed by atoms with E-state index in [1.165, 1.54) is 30.4 Å². The first-order valence-corrected chi connectivity index (χ1v) is 6.55. The molecule has 0 N–H and O–H groups in total. The Balaban J connectivity index is 1.98. The lowest BCUT2D eigenvalue weighted by molar-refractivity contribution is 0.284. The Morgan fingerprint density at radius 1 is 0.706 bits per heavy atom. The zero-order valence-corrected chi connectivity index (χ0v) is 10.0. The van der Waals surface area contributed by atoms with Gasteiger partial charge in [0.25, 0.3) is 0 Å². The van der Waals surface area contributed by atoms with Crippen LogP contribution in [0, 0.1) is 5.92 Å². The van der Waals surface area contributed by atoms with Crippen LogP contribution in [0.3, 0.4) is 0 Å². The second-order valence-electron chi connectivity index (χ2n) is 4.99. The summed E-state index contributed by atoms with van der Waals surface area (Å²) < 4.78 is 0. The van der Waals surface area contributed by atoms with Crippen LogP contribution < -0.4 is 0 Å². The average molecular weight is 222 g/mol. The maximum atomic E-state index is 2.27. The minimum absolute atomic E-state index is 0.603. The van der Waals surface area contributed by atoms with Crippen LogP contribution in [0.15, 0.2) is 60.7 Å². The molecule has 0 heteroatoms. The van der Waals surface area contributed by atoms with Crippen molar-refractivity contribution in [2.45, 2.75) is 25.2 Å². The molecule has 0 aromatic heterocycles. The highest BCUT2D eigenvalue weighted by Gasteiger charge is 2.29. The van der Waals surface area contributed by atoms with Gasteiger partial charge in [-0.3, -0.25) is 0 Å². The molecule has 1 saturated carbocycles. The molecular weight excluding hydrogens is 204 g/mol. The third-order valence-electron chi connectivity index (χ3n) is 3.94. The van der Waals surface area contributed by atoms with Crippen molar-refractivity contribution < 1.29 is 0 Å². The molecule has 0 amide bonds. The van der Waals surface area contributed by atoms with Crippen molar-refractivity contribution in [3.05, 3.63) is 71.8 Å². The summed E-state index contributed by atoms with van der Waals surface area (Å²) in [5, 5.41) is 0. The molecule has 2 aromatic carbocycles. The van der Waals surface area contributed by atoms with Crippen LogP contribution >= 0.6 is 0 Å². The minimum atomic E-state index is 0.603. The smallest absolute Gasteiger partial charge is 0.0118 e. The van der Waals surface area contributed by atoms with Crippen molar-refractivity contribution in [1.82, 2.24) is 0 Å². The summed E-state index contributed by atoms with van der Waals surface area (Å²) in [5.41, 5.74) is 2.95. The quantitative estimate of drug-likeness (QED) is 0.711.